The summed E-state index contributed by atoms with van der Waals surface area (Å²) in [5.41, 5.74) is 0.726. The normalized spacial score (nSPS) is 21.5. The number of hydrogen-bond acceptors (Lipinski definition) is 6. The molecular weight excluding hydrogens is 459 g/mol. The van der Waals surface area contributed by atoms with Gasteiger partial charge in [-0.15, -0.1) is 6.42 Å². The van der Waals surface area contributed by atoms with Crippen LogP contribution in [0.5, 0.6) is 5.75 Å². The van der Waals surface area contributed by atoms with Gasteiger partial charge >= 0.3 is 8.60 Å². The van der Waals surface area contributed by atoms with Crippen molar-refractivity contribution in [1.29, 1.82) is 0 Å². The van der Waals surface area contributed by atoms with Gasteiger partial charge in [0.2, 0.25) is 0 Å². The van der Waals surface area contributed by atoms with Gasteiger partial charge in [0.05, 0.1) is 19.3 Å². The molecule has 0 saturated carbocycles. The van der Waals surface area contributed by atoms with Crippen LogP contribution in [0.2, 0.25) is 5.02 Å². The van der Waals surface area contributed by atoms with E-state index in [0.717, 1.165) is 18.4 Å². The second kappa shape index (κ2) is 11.8. The fraction of sp³-hybridized carbons (Fsp3) is 0.429. The molecule has 0 amide bonds. The van der Waals surface area contributed by atoms with E-state index in [-0.39, 0.29) is 35.7 Å². The summed E-state index contributed by atoms with van der Waals surface area (Å²) in [6, 6.07) is 5.39. The largest absolute Gasteiger partial charge is 0.426 e. The van der Waals surface area contributed by atoms with E-state index in [1.165, 1.54) is 0 Å². The Morgan fingerprint density at radius 2 is 2.19 bits per heavy atom. The Bertz CT molecular complexity index is 1050. The van der Waals surface area contributed by atoms with Crippen molar-refractivity contribution in [2.45, 2.75) is 53.1 Å². The molecule has 3 unspecified atom stereocenters. The van der Waals surface area contributed by atoms with E-state index in [0.29, 0.717) is 24.0 Å². The molecule has 3 heterocycles. The van der Waals surface area contributed by atoms with Gasteiger partial charge < -0.3 is 9.26 Å². The molecule has 0 bridgehead atoms. The molecule has 0 radical (unpaired) electrons. The van der Waals surface area contributed by atoms with Gasteiger partial charge in [0.1, 0.15) is 17.5 Å². The highest BCUT2D eigenvalue weighted by Gasteiger charge is 2.30. The van der Waals surface area contributed by atoms with Crippen molar-refractivity contribution in [1.82, 2.24) is 9.55 Å². The first kappa shape index (κ1) is 25.5. The standard InChI is InChI=1S/C18H16ClN2O5PS.C2H6.CH4/c1-2-11-8-21(18(28)20-17(11)22)16-6-4-14(25-16)10-24-27-23-9-12-7-13(19)3-5-15(12)26-27;1-2;/h1,3,5,7-8,14,16H,4,6,9-10H2,(H,20,22,28);1-2H3;1H4. The number of halogens is 1. The summed E-state index contributed by atoms with van der Waals surface area (Å²) < 4.78 is 25.1. The summed E-state index contributed by atoms with van der Waals surface area (Å²) in [4.78, 5) is 14.3. The molecular formula is C21H26ClN2O5PS. The number of hydrogen-bond donors (Lipinski definition) is 1. The molecule has 168 valence electrons. The molecule has 4 rings (SSSR count). The highest BCUT2D eigenvalue weighted by atomic mass is 35.5. The van der Waals surface area contributed by atoms with Gasteiger partial charge in [-0.1, -0.05) is 38.8 Å². The lowest BCUT2D eigenvalue weighted by Gasteiger charge is -2.25. The van der Waals surface area contributed by atoms with Crippen molar-refractivity contribution >= 4 is 32.4 Å². The minimum Gasteiger partial charge on any atom is -0.426 e. The van der Waals surface area contributed by atoms with Gasteiger partial charge in [0.25, 0.3) is 5.56 Å². The summed E-state index contributed by atoms with van der Waals surface area (Å²) >= 11 is 11.2. The zero-order valence-electron chi connectivity index (χ0n) is 16.6. The first-order valence-electron chi connectivity index (χ1n) is 9.53. The molecule has 2 aliphatic rings. The number of aromatic nitrogens is 2. The number of ether oxygens (including phenoxy) is 1. The van der Waals surface area contributed by atoms with E-state index in [9.17, 15) is 4.79 Å². The first-order chi connectivity index (χ1) is 14.5. The van der Waals surface area contributed by atoms with E-state index < -0.39 is 8.60 Å². The quantitative estimate of drug-likeness (QED) is 0.339. The average Bonchev–Trinajstić information content (AvgIpc) is 3.22. The van der Waals surface area contributed by atoms with Crippen molar-refractivity contribution in [3.05, 3.63) is 55.7 Å². The van der Waals surface area contributed by atoms with Crippen LogP contribution < -0.4 is 10.1 Å². The number of aromatic amines is 1. The summed E-state index contributed by atoms with van der Waals surface area (Å²) in [5, 5.41) is 0.636. The molecule has 1 saturated heterocycles. The Hall–Kier alpha value is -1.72. The van der Waals surface area contributed by atoms with Crippen molar-refractivity contribution in [3.8, 4) is 18.1 Å². The van der Waals surface area contributed by atoms with Crippen molar-refractivity contribution in [2.75, 3.05) is 6.61 Å². The number of nitrogens with one attached hydrogen (secondary N) is 1. The Morgan fingerprint density at radius 3 is 2.94 bits per heavy atom. The summed E-state index contributed by atoms with van der Waals surface area (Å²) in [7, 11) is -1.50. The minimum absolute atomic E-state index is 0. The molecule has 1 aromatic heterocycles. The highest BCUT2D eigenvalue weighted by molar-refractivity contribution is 7.71. The van der Waals surface area contributed by atoms with Gasteiger partial charge in [-0.05, 0) is 43.3 Å². The van der Waals surface area contributed by atoms with Crippen molar-refractivity contribution in [3.63, 3.8) is 0 Å². The molecule has 0 spiro atoms. The lowest BCUT2D eigenvalue weighted by atomic mass is 10.2. The molecule has 7 nitrogen and oxygen atoms in total. The number of nitrogens with zero attached hydrogens (tertiary/aromatic N) is 1. The molecule has 1 fully saturated rings. The SMILES string of the molecule is C.C#Cc1cn(C2CCC(COP3OCc4cc(Cl)ccc4O3)O2)c(=S)[nH]c1=O.CC. The topological polar surface area (TPSA) is 74.7 Å². The minimum atomic E-state index is -1.50. The zero-order valence-corrected chi connectivity index (χ0v) is 19.1. The van der Waals surface area contributed by atoms with Crippen LogP contribution in [-0.2, 0) is 20.4 Å². The van der Waals surface area contributed by atoms with Gasteiger partial charge in [-0.3, -0.25) is 23.4 Å². The molecule has 31 heavy (non-hydrogen) atoms. The van der Waals surface area contributed by atoms with Crippen LogP contribution in [0.25, 0.3) is 0 Å². The summed E-state index contributed by atoms with van der Waals surface area (Å²) in [6.07, 6.45) is 7.94. The van der Waals surface area contributed by atoms with Gasteiger partial charge in [-0.25, -0.2) is 0 Å². The van der Waals surface area contributed by atoms with E-state index in [2.05, 4.69) is 10.9 Å². The van der Waals surface area contributed by atoms with Crippen molar-refractivity contribution in [2.24, 2.45) is 0 Å². The van der Waals surface area contributed by atoms with Gasteiger partial charge in [0.15, 0.2) is 4.77 Å². The Labute approximate surface area is 193 Å². The van der Waals surface area contributed by atoms with Crippen molar-refractivity contribution < 1.29 is 18.3 Å². The van der Waals surface area contributed by atoms with Crippen LogP contribution in [0, 0.1) is 17.1 Å². The molecule has 0 aliphatic carbocycles. The van der Waals surface area contributed by atoms with Crippen LogP contribution >= 0.6 is 32.4 Å². The third kappa shape index (κ3) is 6.17. The maximum absolute atomic E-state index is 11.7. The van der Waals surface area contributed by atoms with E-state index in [1.807, 2.05) is 26.0 Å². The maximum Gasteiger partial charge on any atom is 0.397 e. The molecule has 2 aliphatic heterocycles. The first-order valence-corrected chi connectivity index (χ1v) is 11.4. The molecule has 3 atom stereocenters. The van der Waals surface area contributed by atoms with Crippen LogP contribution in [0.4, 0.5) is 0 Å². The second-order valence-corrected chi connectivity index (χ2v) is 8.25. The summed E-state index contributed by atoms with van der Waals surface area (Å²) in [6.45, 7) is 4.71. The second-order valence-electron chi connectivity index (χ2n) is 6.28. The lowest BCUT2D eigenvalue weighted by molar-refractivity contribution is -0.0220. The summed E-state index contributed by atoms with van der Waals surface area (Å²) in [5.74, 6) is 3.06. The van der Waals surface area contributed by atoms with Crippen LogP contribution in [0.1, 0.15) is 51.5 Å². The number of H-pyrrole nitrogens is 1. The van der Waals surface area contributed by atoms with E-state index >= 15 is 0 Å². The number of benzene rings is 1. The van der Waals surface area contributed by atoms with Gasteiger partial charge in [0, 0.05) is 16.8 Å². The fourth-order valence-corrected chi connectivity index (χ4v) is 4.51. The number of terminal acetylenes is 1. The predicted octanol–water partition coefficient (Wildman–Crippen LogP) is 5.73. The van der Waals surface area contributed by atoms with Crippen LogP contribution in [-0.4, -0.2) is 22.3 Å². The molecule has 1 N–H and O–H groups in total. The number of fused-ring (bicyclic) bond motifs is 1. The predicted molar refractivity (Wildman–Crippen MR) is 125 cm³/mol. The Morgan fingerprint density at radius 1 is 1.42 bits per heavy atom. The van der Waals surface area contributed by atoms with E-state index in [1.54, 1.807) is 16.8 Å². The van der Waals surface area contributed by atoms with Crippen LogP contribution in [0.15, 0.2) is 29.2 Å². The molecule has 1 aromatic carbocycles. The molecule has 10 heteroatoms. The van der Waals surface area contributed by atoms with Crippen LogP contribution in [0.3, 0.4) is 0 Å². The maximum atomic E-state index is 11.7. The van der Waals surface area contributed by atoms with E-state index in [4.69, 9.17) is 48.6 Å². The highest BCUT2D eigenvalue weighted by Crippen LogP contribution is 2.48. The Kier molecular flexibility index (Phi) is 9.70. The number of rotatable bonds is 4. The third-order valence-corrected chi connectivity index (χ3v) is 6.00. The molecule has 2 aromatic rings. The Balaban J connectivity index is 0.00000111. The smallest absolute Gasteiger partial charge is 0.397 e. The lowest BCUT2D eigenvalue weighted by Crippen LogP contribution is -2.21. The average molecular weight is 485 g/mol. The monoisotopic (exact) mass is 484 g/mol. The van der Waals surface area contributed by atoms with Gasteiger partial charge in [-0.2, -0.15) is 0 Å². The third-order valence-electron chi connectivity index (χ3n) is 4.41. The fourth-order valence-electron chi connectivity index (χ4n) is 3.00. The zero-order chi connectivity index (χ0) is 21.7.